The monoisotopic (exact) mass is 398 g/mol. The van der Waals surface area contributed by atoms with E-state index in [0.717, 1.165) is 17.1 Å². The molecule has 0 saturated carbocycles. The van der Waals surface area contributed by atoms with Crippen molar-refractivity contribution in [1.29, 1.82) is 0 Å². The summed E-state index contributed by atoms with van der Waals surface area (Å²) in [5.41, 5.74) is 1.59. The molecular weight excluding hydrogens is 376 g/mol. The van der Waals surface area contributed by atoms with Crippen LogP contribution in [-0.2, 0) is 11.3 Å². The van der Waals surface area contributed by atoms with Gasteiger partial charge in [-0.05, 0) is 43.3 Å². The zero-order chi connectivity index (χ0) is 19.9. The molecule has 28 heavy (non-hydrogen) atoms. The van der Waals surface area contributed by atoms with Gasteiger partial charge in [-0.3, -0.25) is 4.79 Å². The van der Waals surface area contributed by atoms with Gasteiger partial charge in [0.1, 0.15) is 11.5 Å². The number of rotatable bonds is 8. The third kappa shape index (κ3) is 4.45. The lowest BCUT2D eigenvalue weighted by molar-refractivity contribution is -0.113. The molecular formula is C20H22N4O3S. The van der Waals surface area contributed by atoms with Crippen molar-refractivity contribution in [2.24, 2.45) is 0 Å². The molecule has 0 saturated heterocycles. The Morgan fingerprint density at radius 3 is 2.50 bits per heavy atom. The third-order valence-electron chi connectivity index (χ3n) is 4.09. The van der Waals surface area contributed by atoms with Crippen LogP contribution in [0.1, 0.15) is 6.92 Å². The van der Waals surface area contributed by atoms with Crippen LogP contribution in [0.25, 0.3) is 11.4 Å². The van der Waals surface area contributed by atoms with Crippen molar-refractivity contribution in [2.45, 2.75) is 18.6 Å². The summed E-state index contributed by atoms with van der Waals surface area (Å²) >= 11 is 1.35. The number of para-hydroxylation sites is 2. The molecule has 8 heteroatoms. The van der Waals surface area contributed by atoms with E-state index >= 15 is 0 Å². The van der Waals surface area contributed by atoms with E-state index < -0.39 is 0 Å². The molecule has 0 aliphatic carbocycles. The minimum absolute atomic E-state index is 0.133. The Bertz CT molecular complexity index is 941. The first-order valence-electron chi connectivity index (χ1n) is 8.79. The van der Waals surface area contributed by atoms with Gasteiger partial charge in [0.15, 0.2) is 11.0 Å². The zero-order valence-corrected chi connectivity index (χ0v) is 16.8. The second-order valence-electron chi connectivity index (χ2n) is 5.82. The number of amides is 1. The molecule has 3 rings (SSSR count). The van der Waals surface area contributed by atoms with Gasteiger partial charge in [-0.15, -0.1) is 10.2 Å². The molecule has 2 aromatic carbocycles. The molecule has 1 amide bonds. The van der Waals surface area contributed by atoms with Crippen LogP contribution in [0.3, 0.4) is 0 Å². The van der Waals surface area contributed by atoms with Crippen molar-refractivity contribution in [3.8, 4) is 22.9 Å². The highest BCUT2D eigenvalue weighted by molar-refractivity contribution is 7.99. The number of carbonyl (C=O) groups is 1. The summed E-state index contributed by atoms with van der Waals surface area (Å²) in [6, 6.07) is 15.0. The highest BCUT2D eigenvalue weighted by Crippen LogP contribution is 2.27. The van der Waals surface area contributed by atoms with Crippen LogP contribution in [0.5, 0.6) is 11.5 Å². The molecule has 0 unspecified atom stereocenters. The fourth-order valence-electron chi connectivity index (χ4n) is 2.70. The van der Waals surface area contributed by atoms with Gasteiger partial charge < -0.3 is 19.4 Å². The smallest absolute Gasteiger partial charge is 0.234 e. The van der Waals surface area contributed by atoms with Gasteiger partial charge in [0.2, 0.25) is 5.91 Å². The molecule has 3 aromatic rings. The Hall–Kier alpha value is -3.00. The summed E-state index contributed by atoms with van der Waals surface area (Å²) in [4.78, 5) is 12.3. The zero-order valence-electron chi connectivity index (χ0n) is 16.0. The second-order valence-corrected chi connectivity index (χ2v) is 6.76. The number of ether oxygens (including phenoxy) is 2. The Morgan fingerprint density at radius 1 is 1.07 bits per heavy atom. The summed E-state index contributed by atoms with van der Waals surface area (Å²) < 4.78 is 12.4. The average molecular weight is 398 g/mol. The fraction of sp³-hybridized carbons (Fsp3) is 0.250. The second kappa shape index (κ2) is 9.27. The first kappa shape index (κ1) is 19.8. The van der Waals surface area contributed by atoms with Gasteiger partial charge in [0, 0.05) is 12.1 Å². The van der Waals surface area contributed by atoms with Crippen molar-refractivity contribution < 1.29 is 14.3 Å². The number of nitrogens with zero attached hydrogens (tertiary/aromatic N) is 3. The van der Waals surface area contributed by atoms with Crippen LogP contribution in [-0.4, -0.2) is 40.6 Å². The molecule has 146 valence electrons. The fourth-order valence-corrected chi connectivity index (χ4v) is 3.50. The molecule has 1 aromatic heterocycles. The number of hydrogen-bond acceptors (Lipinski definition) is 6. The van der Waals surface area contributed by atoms with E-state index in [1.807, 2.05) is 47.9 Å². The minimum atomic E-state index is -0.133. The van der Waals surface area contributed by atoms with Crippen molar-refractivity contribution in [2.75, 3.05) is 25.3 Å². The molecule has 0 aliphatic heterocycles. The maximum Gasteiger partial charge on any atom is 0.234 e. The maximum atomic E-state index is 12.3. The highest BCUT2D eigenvalue weighted by atomic mass is 32.2. The number of methoxy groups -OCH3 is 2. The molecule has 0 atom stereocenters. The lowest BCUT2D eigenvalue weighted by Crippen LogP contribution is -2.15. The van der Waals surface area contributed by atoms with Crippen molar-refractivity contribution in [1.82, 2.24) is 14.8 Å². The number of hydrogen-bond donors (Lipinski definition) is 1. The number of anilines is 1. The number of aromatic nitrogens is 3. The van der Waals surface area contributed by atoms with Gasteiger partial charge in [-0.1, -0.05) is 23.9 Å². The van der Waals surface area contributed by atoms with Crippen molar-refractivity contribution >= 4 is 23.4 Å². The Labute approximate surface area is 168 Å². The summed E-state index contributed by atoms with van der Waals surface area (Å²) in [5.74, 6) is 2.26. The van der Waals surface area contributed by atoms with E-state index in [4.69, 9.17) is 9.47 Å². The number of benzene rings is 2. The van der Waals surface area contributed by atoms with Crippen LogP contribution in [0, 0.1) is 0 Å². The van der Waals surface area contributed by atoms with E-state index in [1.54, 1.807) is 26.4 Å². The summed E-state index contributed by atoms with van der Waals surface area (Å²) in [5, 5.41) is 12.1. The highest BCUT2D eigenvalue weighted by Gasteiger charge is 2.15. The quantitative estimate of drug-likeness (QED) is 0.583. The Balaban J connectivity index is 1.69. The van der Waals surface area contributed by atoms with E-state index in [0.29, 0.717) is 23.1 Å². The topological polar surface area (TPSA) is 78.3 Å². The minimum Gasteiger partial charge on any atom is -0.497 e. The average Bonchev–Trinajstić information content (AvgIpc) is 3.15. The molecule has 0 bridgehead atoms. The standard InChI is InChI=1S/C20H22N4O3S/c1-4-24-19(14-9-11-15(26-2)12-10-14)22-23-20(24)28-13-18(25)21-16-7-5-6-8-17(16)27-3/h5-12H,4,13H2,1-3H3,(H,21,25). The summed E-state index contributed by atoms with van der Waals surface area (Å²) in [6.45, 7) is 2.72. The van der Waals surface area contributed by atoms with Crippen LogP contribution in [0.4, 0.5) is 5.69 Å². The van der Waals surface area contributed by atoms with Gasteiger partial charge in [0.05, 0.1) is 25.7 Å². The number of carbonyl (C=O) groups excluding carboxylic acids is 1. The Morgan fingerprint density at radius 2 is 1.82 bits per heavy atom. The molecule has 0 radical (unpaired) electrons. The van der Waals surface area contributed by atoms with E-state index in [1.165, 1.54) is 11.8 Å². The number of nitrogens with one attached hydrogen (secondary N) is 1. The molecule has 7 nitrogen and oxygen atoms in total. The predicted molar refractivity (Wildman–Crippen MR) is 110 cm³/mol. The maximum absolute atomic E-state index is 12.3. The summed E-state index contributed by atoms with van der Waals surface area (Å²) in [7, 11) is 3.21. The van der Waals surface area contributed by atoms with Gasteiger partial charge >= 0.3 is 0 Å². The van der Waals surface area contributed by atoms with Crippen LogP contribution in [0.2, 0.25) is 0 Å². The van der Waals surface area contributed by atoms with Crippen molar-refractivity contribution in [3.05, 3.63) is 48.5 Å². The predicted octanol–water partition coefficient (Wildman–Crippen LogP) is 3.71. The normalized spacial score (nSPS) is 10.5. The first-order valence-corrected chi connectivity index (χ1v) is 9.78. The number of thioether (sulfide) groups is 1. The van der Waals surface area contributed by atoms with Crippen molar-refractivity contribution in [3.63, 3.8) is 0 Å². The van der Waals surface area contributed by atoms with Crippen LogP contribution >= 0.6 is 11.8 Å². The first-order chi connectivity index (χ1) is 13.7. The van der Waals surface area contributed by atoms with E-state index in [9.17, 15) is 4.79 Å². The Kier molecular flexibility index (Phi) is 6.54. The molecule has 0 spiro atoms. The van der Waals surface area contributed by atoms with Gasteiger partial charge in [0.25, 0.3) is 0 Å². The van der Waals surface area contributed by atoms with E-state index in [-0.39, 0.29) is 11.7 Å². The van der Waals surface area contributed by atoms with Crippen LogP contribution in [0.15, 0.2) is 53.7 Å². The molecule has 0 aliphatic rings. The molecule has 1 N–H and O–H groups in total. The molecule has 1 heterocycles. The van der Waals surface area contributed by atoms with Gasteiger partial charge in [-0.2, -0.15) is 0 Å². The lowest BCUT2D eigenvalue weighted by atomic mass is 10.2. The molecule has 0 fully saturated rings. The summed E-state index contributed by atoms with van der Waals surface area (Å²) in [6.07, 6.45) is 0. The SMILES string of the molecule is CCn1c(SCC(=O)Nc2ccccc2OC)nnc1-c1ccc(OC)cc1. The largest absolute Gasteiger partial charge is 0.497 e. The third-order valence-corrected chi connectivity index (χ3v) is 5.06. The van der Waals surface area contributed by atoms with E-state index in [2.05, 4.69) is 15.5 Å². The lowest BCUT2D eigenvalue weighted by Gasteiger charge is -2.10. The van der Waals surface area contributed by atoms with Crippen LogP contribution < -0.4 is 14.8 Å². The van der Waals surface area contributed by atoms with Gasteiger partial charge in [-0.25, -0.2) is 0 Å².